The van der Waals surface area contributed by atoms with E-state index in [1.54, 1.807) is 12.5 Å². The van der Waals surface area contributed by atoms with Gasteiger partial charge in [0.15, 0.2) is 0 Å². The molecule has 1 aromatic heterocycles. The summed E-state index contributed by atoms with van der Waals surface area (Å²) < 4.78 is 5.04. The standard InChI is InChI=1S/C13H20N2O/c14-13-11-2-1-10(5-11)12(13)7-15-6-9-3-4-16-8-9/h3-4,8,10-13,15H,1-2,5-7,14H2. The highest BCUT2D eigenvalue weighted by molar-refractivity contribution is 5.05. The van der Waals surface area contributed by atoms with Crippen molar-refractivity contribution in [2.45, 2.75) is 31.8 Å². The van der Waals surface area contributed by atoms with Gasteiger partial charge in [-0.15, -0.1) is 0 Å². The Hall–Kier alpha value is -0.800. The molecule has 16 heavy (non-hydrogen) atoms. The van der Waals surface area contributed by atoms with Gasteiger partial charge in [-0.1, -0.05) is 0 Å². The van der Waals surface area contributed by atoms with Gasteiger partial charge >= 0.3 is 0 Å². The van der Waals surface area contributed by atoms with Crippen LogP contribution in [-0.2, 0) is 6.54 Å². The predicted octanol–water partition coefficient (Wildman–Crippen LogP) is 1.74. The van der Waals surface area contributed by atoms with Crippen molar-refractivity contribution in [1.29, 1.82) is 0 Å². The molecule has 0 aliphatic heterocycles. The summed E-state index contributed by atoms with van der Waals surface area (Å²) in [5, 5.41) is 3.50. The highest BCUT2D eigenvalue weighted by atomic mass is 16.3. The Balaban J connectivity index is 1.49. The highest BCUT2D eigenvalue weighted by Gasteiger charge is 2.45. The Morgan fingerprint density at radius 1 is 1.38 bits per heavy atom. The van der Waals surface area contributed by atoms with E-state index >= 15 is 0 Å². The van der Waals surface area contributed by atoms with Crippen LogP contribution in [0.3, 0.4) is 0 Å². The van der Waals surface area contributed by atoms with Crippen LogP contribution in [0.15, 0.2) is 23.0 Å². The van der Waals surface area contributed by atoms with Crippen molar-refractivity contribution in [3.63, 3.8) is 0 Å². The van der Waals surface area contributed by atoms with E-state index in [1.165, 1.54) is 24.8 Å². The Kier molecular flexibility index (Phi) is 2.74. The molecule has 3 nitrogen and oxygen atoms in total. The summed E-state index contributed by atoms with van der Waals surface area (Å²) in [6, 6.07) is 2.45. The number of hydrogen-bond donors (Lipinski definition) is 2. The third-order valence-electron chi connectivity index (χ3n) is 4.45. The second kappa shape index (κ2) is 4.22. The third-order valence-corrected chi connectivity index (χ3v) is 4.45. The van der Waals surface area contributed by atoms with Crippen molar-refractivity contribution in [1.82, 2.24) is 5.32 Å². The van der Waals surface area contributed by atoms with E-state index in [4.69, 9.17) is 10.2 Å². The van der Waals surface area contributed by atoms with Crippen LogP contribution >= 0.6 is 0 Å². The number of hydrogen-bond acceptors (Lipinski definition) is 3. The van der Waals surface area contributed by atoms with Crippen LogP contribution in [0.25, 0.3) is 0 Å². The molecule has 3 heteroatoms. The van der Waals surface area contributed by atoms with E-state index < -0.39 is 0 Å². The Labute approximate surface area is 96.4 Å². The minimum atomic E-state index is 0.440. The minimum Gasteiger partial charge on any atom is -0.472 e. The van der Waals surface area contributed by atoms with Crippen molar-refractivity contribution in [2.75, 3.05) is 6.54 Å². The van der Waals surface area contributed by atoms with Crippen LogP contribution in [0.1, 0.15) is 24.8 Å². The number of nitrogens with two attached hydrogens (primary N) is 1. The first-order chi connectivity index (χ1) is 7.84. The molecule has 2 aliphatic carbocycles. The number of rotatable bonds is 4. The van der Waals surface area contributed by atoms with Crippen molar-refractivity contribution in [3.05, 3.63) is 24.2 Å². The first-order valence-corrected chi connectivity index (χ1v) is 6.32. The normalized spacial score (nSPS) is 37.1. The molecule has 0 radical (unpaired) electrons. The predicted molar refractivity (Wildman–Crippen MR) is 62.7 cm³/mol. The van der Waals surface area contributed by atoms with Gasteiger partial charge < -0.3 is 15.5 Å². The average Bonchev–Trinajstić information content (AvgIpc) is 2.97. The number of furan rings is 1. The molecule has 4 unspecified atom stereocenters. The summed E-state index contributed by atoms with van der Waals surface area (Å²) in [7, 11) is 0. The van der Waals surface area contributed by atoms with Gasteiger partial charge in [-0.2, -0.15) is 0 Å². The van der Waals surface area contributed by atoms with Crippen molar-refractivity contribution >= 4 is 0 Å². The molecule has 3 rings (SSSR count). The Bertz CT molecular complexity index is 334. The first kappa shape index (κ1) is 10.4. The monoisotopic (exact) mass is 220 g/mol. The van der Waals surface area contributed by atoms with Crippen LogP contribution in [0.2, 0.25) is 0 Å². The van der Waals surface area contributed by atoms with E-state index in [2.05, 4.69) is 5.32 Å². The molecule has 2 fully saturated rings. The highest BCUT2D eigenvalue weighted by Crippen LogP contribution is 2.47. The van der Waals surface area contributed by atoms with Crippen molar-refractivity contribution < 1.29 is 4.42 Å². The summed E-state index contributed by atoms with van der Waals surface area (Å²) in [4.78, 5) is 0. The minimum absolute atomic E-state index is 0.440. The number of fused-ring (bicyclic) bond motifs is 2. The molecule has 1 heterocycles. The summed E-state index contributed by atoms with van der Waals surface area (Å²) in [6.07, 6.45) is 7.66. The van der Waals surface area contributed by atoms with E-state index in [0.717, 1.165) is 24.9 Å². The lowest BCUT2D eigenvalue weighted by molar-refractivity contribution is 0.278. The second-order valence-electron chi connectivity index (χ2n) is 5.34. The molecule has 1 aromatic rings. The van der Waals surface area contributed by atoms with Gasteiger partial charge in [-0.25, -0.2) is 0 Å². The maximum atomic E-state index is 6.27. The van der Waals surface area contributed by atoms with Crippen molar-refractivity contribution in [3.8, 4) is 0 Å². The molecule has 0 amide bonds. The summed E-state index contributed by atoms with van der Waals surface area (Å²) in [5.41, 5.74) is 7.48. The summed E-state index contributed by atoms with van der Waals surface area (Å²) >= 11 is 0. The van der Waals surface area contributed by atoms with Gasteiger partial charge in [0.25, 0.3) is 0 Å². The zero-order chi connectivity index (χ0) is 11.0. The zero-order valence-electron chi connectivity index (χ0n) is 9.56. The Morgan fingerprint density at radius 2 is 2.25 bits per heavy atom. The molecule has 2 aliphatic rings. The number of nitrogens with one attached hydrogen (secondary N) is 1. The maximum Gasteiger partial charge on any atom is 0.0947 e. The van der Waals surface area contributed by atoms with Crippen LogP contribution in [0.5, 0.6) is 0 Å². The molecule has 0 aromatic carbocycles. The van der Waals surface area contributed by atoms with Gasteiger partial charge in [-0.05, 0) is 43.1 Å². The van der Waals surface area contributed by atoms with E-state index in [9.17, 15) is 0 Å². The molecule has 88 valence electrons. The fraction of sp³-hybridized carbons (Fsp3) is 0.692. The topological polar surface area (TPSA) is 51.2 Å². The van der Waals surface area contributed by atoms with Crippen LogP contribution in [-0.4, -0.2) is 12.6 Å². The molecular formula is C13H20N2O. The van der Waals surface area contributed by atoms with E-state index in [-0.39, 0.29) is 0 Å². The largest absolute Gasteiger partial charge is 0.472 e. The SMILES string of the molecule is NC1C2CCC(C2)C1CNCc1ccoc1. The Morgan fingerprint density at radius 3 is 2.94 bits per heavy atom. The first-order valence-electron chi connectivity index (χ1n) is 6.32. The lowest BCUT2D eigenvalue weighted by Crippen LogP contribution is -2.41. The van der Waals surface area contributed by atoms with Crippen LogP contribution in [0, 0.1) is 17.8 Å². The lowest BCUT2D eigenvalue weighted by atomic mass is 9.85. The molecule has 4 atom stereocenters. The fourth-order valence-electron chi connectivity index (χ4n) is 3.53. The quantitative estimate of drug-likeness (QED) is 0.812. The van der Waals surface area contributed by atoms with Crippen molar-refractivity contribution in [2.24, 2.45) is 23.5 Å². The zero-order valence-corrected chi connectivity index (χ0v) is 9.56. The molecule has 2 saturated carbocycles. The second-order valence-corrected chi connectivity index (χ2v) is 5.34. The van der Waals surface area contributed by atoms with Crippen LogP contribution < -0.4 is 11.1 Å². The molecule has 3 N–H and O–H groups in total. The summed E-state index contributed by atoms with van der Waals surface area (Å²) in [5.74, 6) is 2.40. The molecule has 2 bridgehead atoms. The smallest absolute Gasteiger partial charge is 0.0947 e. The third kappa shape index (κ3) is 1.78. The van der Waals surface area contributed by atoms with Crippen LogP contribution in [0.4, 0.5) is 0 Å². The molecular weight excluding hydrogens is 200 g/mol. The van der Waals surface area contributed by atoms with Gasteiger partial charge in [0.1, 0.15) is 0 Å². The fourth-order valence-corrected chi connectivity index (χ4v) is 3.53. The average molecular weight is 220 g/mol. The van der Waals surface area contributed by atoms with Gasteiger partial charge in [0.2, 0.25) is 0 Å². The van der Waals surface area contributed by atoms with E-state index in [1.807, 2.05) is 6.07 Å². The molecule has 0 saturated heterocycles. The van der Waals surface area contributed by atoms with E-state index in [0.29, 0.717) is 12.0 Å². The molecule has 0 spiro atoms. The maximum absolute atomic E-state index is 6.27. The van der Waals surface area contributed by atoms with Gasteiger partial charge in [-0.3, -0.25) is 0 Å². The van der Waals surface area contributed by atoms with Gasteiger partial charge in [0.05, 0.1) is 12.5 Å². The lowest BCUT2D eigenvalue weighted by Gasteiger charge is -2.28. The summed E-state index contributed by atoms with van der Waals surface area (Å²) in [6.45, 7) is 1.96. The van der Waals surface area contributed by atoms with Gasteiger partial charge in [0, 0.05) is 24.7 Å².